The summed E-state index contributed by atoms with van der Waals surface area (Å²) >= 11 is 1.38. The SMILES string of the molecule is Cc1nc2scc(C)n2c(=O)c1C(=O)CC1(CNC(=O)Nc2cn[nH]n2)CCCC1. The number of Topliss-reactive ketones (excluding diaryl/α,β-unsaturated/α-hetero) is 1. The number of hydrogen-bond donors (Lipinski definition) is 3. The minimum Gasteiger partial charge on any atom is -0.337 e. The monoisotopic (exact) mass is 429 g/mol. The lowest BCUT2D eigenvalue weighted by Gasteiger charge is -2.28. The van der Waals surface area contributed by atoms with Gasteiger partial charge in [-0.25, -0.2) is 9.78 Å². The van der Waals surface area contributed by atoms with Gasteiger partial charge in [-0.15, -0.1) is 16.4 Å². The van der Waals surface area contributed by atoms with Crippen molar-refractivity contribution in [2.24, 2.45) is 5.41 Å². The highest BCUT2D eigenvalue weighted by Crippen LogP contribution is 2.41. The minimum absolute atomic E-state index is 0.146. The van der Waals surface area contributed by atoms with E-state index in [9.17, 15) is 14.4 Å². The van der Waals surface area contributed by atoms with Gasteiger partial charge < -0.3 is 5.32 Å². The zero-order chi connectivity index (χ0) is 21.3. The molecular formula is C19H23N7O3S. The van der Waals surface area contributed by atoms with Crippen molar-refractivity contribution in [3.63, 3.8) is 0 Å². The smallest absolute Gasteiger partial charge is 0.320 e. The lowest BCUT2D eigenvalue weighted by molar-refractivity contribution is 0.0908. The van der Waals surface area contributed by atoms with Gasteiger partial charge in [0.15, 0.2) is 16.6 Å². The molecule has 158 valence electrons. The van der Waals surface area contributed by atoms with Crippen molar-refractivity contribution in [3.8, 4) is 0 Å². The molecule has 0 aromatic carbocycles. The van der Waals surface area contributed by atoms with Crippen LogP contribution >= 0.6 is 11.3 Å². The number of ketones is 1. The second-order valence-corrected chi connectivity index (χ2v) is 8.68. The number of fused-ring (bicyclic) bond motifs is 1. The van der Waals surface area contributed by atoms with Crippen LogP contribution in [0, 0.1) is 19.3 Å². The second-order valence-electron chi connectivity index (χ2n) is 7.84. The molecule has 3 N–H and O–H groups in total. The summed E-state index contributed by atoms with van der Waals surface area (Å²) in [4.78, 5) is 43.5. The molecule has 3 aromatic heterocycles. The van der Waals surface area contributed by atoms with E-state index in [2.05, 4.69) is 31.0 Å². The average molecular weight is 430 g/mol. The van der Waals surface area contributed by atoms with Gasteiger partial charge in [-0.05, 0) is 32.1 Å². The van der Waals surface area contributed by atoms with Gasteiger partial charge >= 0.3 is 6.03 Å². The molecule has 30 heavy (non-hydrogen) atoms. The molecule has 4 rings (SSSR count). The first kappa shape index (κ1) is 20.2. The van der Waals surface area contributed by atoms with E-state index in [4.69, 9.17) is 0 Å². The molecule has 0 saturated heterocycles. The predicted octanol–water partition coefficient (Wildman–Crippen LogP) is 2.45. The van der Waals surface area contributed by atoms with Crippen LogP contribution < -0.4 is 16.2 Å². The van der Waals surface area contributed by atoms with Gasteiger partial charge in [0.25, 0.3) is 5.56 Å². The lowest BCUT2D eigenvalue weighted by Crippen LogP contribution is -2.40. The van der Waals surface area contributed by atoms with E-state index in [-0.39, 0.29) is 28.7 Å². The molecule has 1 aliphatic carbocycles. The molecule has 11 heteroatoms. The van der Waals surface area contributed by atoms with E-state index >= 15 is 0 Å². The van der Waals surface area contributed by atoms with E-state index in [1.807, 2.05) is 12.3 Å². The number of aromatic nitrogens is 5. The number of hydrogen-bond acceptors (Lipinski definition) is 7. The molecule has 1 aliphatic rings. The van der Waals surface area contributed by atoms with Crippen LogP contribution in [0.3, 0.4) is 0 Å². The van der Waals surface area contributed by atoms with Crippen LogP contribution in [0.15, 0.2) is 16.4 Å². The third-order valence-electron chi connectivity index (χ3n) is 5.68. The molecule has 2 amide bonds. The Balaban J connectivity index is 1.52. The normalized spacial score (nSPS) is 15.4. The highest BCUT2D eigenvalue weighted by Gasteiger charge is 2.37. The lowest BCUT2D eigenvalue weighted by atomic mass is 9.79. The number of rotatable bonds is 6. The number of nitrogens with zero attached hydrogens (tertiary/aromatic N) is 4. The van der Waals surface area contributed by atoms with Crippen LogP contribution in [-0.2, 0) is 0 Å². The summed E-state index contributed by atoms with van der Waals surface area (Å²) in [5, 5.41) is 17.1. The van der Waals surface area contributed by atoms with E-state index < -0.39 is 6.03 Å². The molecule has 3 heterocycles. The Bertz CT molecular complexity index is 1140. The fourth-order valence-corrected chi connectivity index (χ4v) is 5.07. The van der Waals surface area contributed by atoms with Gasteiger partial charge in [0.1, 0.15) is 5.56 Å². The Labute approximate surface area is 176 Å². The van der Waals surface area contributed by atoms with Gasteiger partial charge in [-0.3, -0.25) is 19.3 Å². The number of carbonyl (C=O) groups excluding carboxylic acids is 2. The summed E-state index contributed by atoms with van der Waals surface area (Å²) in [6.07, 6.45) is 5.20. The maximum Gasteiger partial charge on any atom is 0.320 e. The maximum atomic E-state index is 13.2. The van der Waals surface area contributed by atoms with E-state index in [0.29, 0.717) is 23.0 Å². The topological polar surface area (TPSA) is 134 Å². The number of amides is 2. The highest BCUT2D eigenvalue weighted by molar-refractivity contribution is 7.15. The number of nitrogens with one attached hydrogen (secondary N) is 3. The van der Waals surface area contributed by atoms with Gasteiger partial charge in [0.05, 0.1) is 11.9 Å². The van der Waals surface area contributed by atoms with Gasteiger partial charge in [0.2, 0.25) is 0 Å². The number of aryl methyl sites for hydroxylation is 2. The van der Waals surface area contributed by atoms with Crippen molar-refractivity contribution in [1.29, 1.82) is 0 Å². The first-order valence-corrected chi connectivity index (χ1v) is 10.7. The van der Waals surface area contributed by atoms with Crippen molar-refractivity contribution in [2.45, 2.75) is 46.0 Å². The fourth-order valence-electron chi connectivity index (χ4n) is 4.16. The molecule has 0 radical (unpaired) electrons. The van der Waals surface area contributed by atoms with Gasteiger partial charge in [-0.1, -0.05) is 12.8 Å². The molecule has 1 saturated carbocycles. The molecule has 0 aliphatic heterocycles. The number of H-pyrrole nitrogens is 1. The summed E-state index contributed by atoms with van der Waals surface area (Å²) in [5.41, 5.74) is 0.680. The van der Waals surface area contributed by atoms with Crippen LogP contribution in [0.5, 0.6) is 0 Å². The first-order valence-electron chi connectivity index (χ1n) is 9.80. The molecule has 0 spiro atoms. The van der Waals surface area contributed by atoms with Crippen LogP contribution in [0.1, 0.15) is 53.8 Å². The largest absolute Gasteiger partial charge is 0.337 e. The zero-order valence-corrected chi connectivity index (χ0v) is 17.6. The van der Waals surface area contributed by atoms with Crippen molar-refractivity contribution in [2.75, 3.05) is 11.9 Å². The maximum absolute atomic E-state index is 13.2. The van der Waals surface area contributed by atoms with Crippen LogP contribution in [-0.4, -0.2) is 43.2 Å². The van der Waals surface area contributed by atoms with Crippen LogP contribution in [0.4, 0.5) is 10.6 Å². The molecule has 1 fully saturated rings. The molecule has 0 atom stereocenters. The standard InChI is InChI=1S/C19H23N7O3S/c1-11-9-30-18-22-12(2)15(16(28)26(11)18)13(27)7-19(5-3-4-6-19)10-20-17(29)23-14-8-21-25-24-14/h8-9H,3-7,10H2,1-2H3,(H3,20,21,23,24,25,29). The summed E-state index contributed by atoms with van der Waals surface area (Å²) < 4.78 is 1.50. The molecule has 10 nitrogen and oxygen atoms in total. The number of urea groups is 1. The van der Waals surface area contributed by atoms with Crippen LogP contribution in [0.2, 0.25) is 0 Å². The minimum atomic E-state index is -0.407. The quantitative estimate of drug-likeness (QED) is 0.515. The number of carbonyl (C=O) groups is 2. The van der Waals surface area contributed by atoms with Gasteiger partial charge in [-0.2, -0.15) is 10.3 Å². The average Bonchev–Trinajstić information content (AvgIpc) is 3.43. The molecular weight excluding hydrogens is 406 g/mol. The Morgan fingerprint density at radius 2 is 2.07 bits per heavy atom. The third-order valence-corrected chi connectivity index (χ3v) is 6.62. The van der Waals surface area contributed by atoms with Crippen molar-refractivity contribution in [1.82, 2.24) is 30.1 Å². The molecule has 0 unspecified atom stereocenters. The first-order chi connectivity index (χ1) is 14.4. The summed E-state index contributed by atoms with van der Waals surface area (Å²) in [5.74, 6) is 0.101. The Morgan fingerprint density at radius 1 is 1.30 bits per heavy atom. The van der Waals surface area contributed by atoms with Gasteiger partial charge in [0, 0.05) is 24.0 Å². The number of aromatic amines is 1. The fraction of sp³-hybridized carbons (Fsp3) is 0.474. The van der Waals surface area contributed by atoms with Crippen molar-refractivity contribution < 1.29 is 9.59 Å². The zero-order valence-electron chi connectivity index (χ0n) is 16.8. The third kappa shape index (κ3) is 3.84. The number of thiazole rings is 1. The van der Waals surface area contributed by atoms with E-state index in [1.54, 1.807) is 6.92 Å². The predicted molar refractivity (Wildman–Crippen MR) is 112 cm³/mol. The Kier molecular flexibility index (Phi) is 5.37. The molecule has 3 aromatic rings. The van der Waals surface area contributed by atoms with Crippen LogP contribution in [0.25, 0.3) is 4.96 Å². The van der Waals surface area contributed by atoms with Crippen molar-refractivity contribution in [3.05, 3.63) is 38.9 Å². The summed E-state index contributed by atoms with van der Waals surface area (Å²) in [6.45, 7) is 3.87. The summed E-state index contributed by atoms with van der Waals surface area (Å²) in [7, 11) is 0. The second kappa shape index (κ2) is 7.98. The van der Waals surface area contributed by atoms with E-state index in [0.717, 1.165) is 31.4 Å². The highest BCUT2D eigenvalue weighted by atomic mass is 32.1. The summed E-state index contributed by atoms with van der Waals surface area (Å²) in [6, 6.07) is -0.407. The number of anilines is 1. The Hall–Kier alpha value is -3.08. The Morgan fingerprint density at radius 3 is 2.77 bits per heavy atom. The van der Waals surface area contributed by atoms with E-state index in [1.165, 1.54) is 21.9 Å². The van der Waals surface area contributed by atoms with Crippen molar-refractivity contribution >= 4 is 33.9 Å². The molecule has 0 bridgehead atoms.